The average molecular weight is 195 g/mol. The molecule has 0 saturated heterocycles. The van der Waals surface area contributed by atoms with Gasteiger partial charge < -0.3 is 5.11 Å². The number of thiophene rings is 1. The van der Waals surface area contributed by atoms with Crippen LogP contribution < -0.4 is 0 Å². The van der Waals surface area contributed by atoms with Crippen molar-refractivity contribution in [1.29, 1.82) is 5.26 Å². The molecule has 4 nitrogen and oxygen atoms in total. The number of aliphatic carboxylic acids is 1. The molecular weight excluding hydrogens is 190 g/mol. The molecule has 0 aliphatic rings. The zero-order chi connectivity index (χ0) is 9.84. The first-order valence-corrected chi connectivity index (χ1v) is 4.25. The highest BCUT2D eigenvalue weighted by Gasteiger charge is 2.13. The van der Waals surface area contributed by atoms with E-state index in [0.29, 0.717) is 10.4 Å². The van der Waals surface area contributed by atoms with Crippen LogP contribution in [0.5, 0.6) is 0 Å². The van der Waals surface area contributed by atoms with Crippen molar-refractivity contribution in [3.63, 3.8) is 0 Å². The summed E-state index contributed by atoms with van der Waals surface area (Å²) in [5, 5.41) is 18.3. The van der Waals surface area contributed by atoms with Crippen molar-refractivity contribution in [3.05, 3.63) is 21.9 Å². The summed E-state index contributed by atoms with van der Waals surface area (Å²) in [5.41, 5.74) is 0.457. The lowest BCUT2D eigenvalue weighted by atomic mass is 10.2. The van der Waals surface area contributed by atoms with Gasteiger partial charge in [0, 0.05) is 10.3 Å². The minimum absolute atomic E-state index is 0.137. The molecule has 66 valence electrons. The topological polar surface area (TPSA) is 78.2 Å². The van der Waals surface area contributed by atoms with Crippen molar-refractivity contribution in [1.82, 2.24) is 0 Å². The van der Waals surface area contributed by atoms with Crippen molar-refractivity contribution >= 4 is 23.1 Å². The summed E-state index contributed by atoms with van der Waals surface area (Å²) in [6.07, 6.45) is -0.137. The molecule has 13 heavy (non-hydrogen) atoms. The second-order valence-corrected chi connectivity index (χ2v) is 3.31. The maximum absolute atomic E-state index is 10.7. The normalized spacial score (nSPS) is 9.15. The Labute approximate surface area is 78.0 Å². The largest absolute Gasteiger partial charge is 0.475 e. The third-order valence-electron chi connectivity index (χ3n) is 1.36. The maximum Gasteiger partial charge on any atom is 0.372 e. The predicted molar refractivity (Wildman–Crippen MR) is 45.4 cm³/mol. The highest BCUT2D eigenvalue weighted by molar-refractivity contribution is 7.10. The molecule has 0 amide bonds. The van der Waals surface area contributed by atoms with E-state index in [1.807, 2.05) is 6.07 Å². The summed E-state index contributed by atoms with van der Waals surface area (Å²) < 4.78 is 0. The van der Waals surface area contributed by atoms with Crippen LogP contribution in [0.25, 0.3) is 0 Å². The molecule has 5 heteroatoms. The average Bonchev–Trinajstić information content (AvgIpc) is 2.52. The van der Waals surface area contributed by atoms with Crippen LogP contribution in [0.15, 0.2) is 11.4 Å². The van der Waals surface area contributed by atoms with Gasteiger partial charge in [0.1, 0.15) is 6.07 Å². The van der Waals surface area contributed by atoms with Crippen molar-refractivity contribution in [2.45, 2.75) is 6.42 Å². The quantitative estimate of drug-likeness (QED) is 0.724. The molecule has 1 aromatic rings. The first kappa shape index (κ1) is 9.42. The zero-order valence-corrected chi connectivity index (χ0v) is 7.30. The number of carboxylic acid groups (broad SMARTS) is 1. The molecular formula is C8H5NO3S. The number of carbonyl (C=O) groups is 2. The molecule has 0 aliphatic heterocycles. The number of rotatable bonds is 3. The molecule has 0 bridgehead atoms. The zero-order valence-electron chi connectivity index (χ0n) is 6.48. The molecule has 0 atom stereocenters. The van der Waals surface area contributed by atoms with E-state index >= 15 is 0 Å². The summed E-state index contributed by atoms with van der Waals surface area (Å²) in [4.78, 5) is 21.5. The Morgan fingerprint density at radius 1 is 1.62 bits per heavy atom. The van der Waals surface area contributed by atoms with Crippen LogP contribution in [0.3, 0.4) is 0 Å². The SMILES string of the molecule is N#Cc1csc(CC(=O)C(=O)O)c1. The van der Waals surface area contributed by atoms with Gasteiger partial charge in [-0.1, -0.05) is 0 Å². The minimum Gasteiger partial charge on any atom is -0.475 e. The van der Waals surface area contributed by atoms with Gasteiger partial charge in [0.15, 0.2) is 0 Å². The first-order valence-electron chi connectivity index (χ1n) is 3.37. The van der Waals surface area contributed by atoms with Gasteiger partial charge in [-0.15, -0.1) is 11.3 Å². The molecule has 1 N–H and O–H groups in total. The number of carboxylic acids is 1. The molecule has 1 aromatic heterocycles. The number of Topliss-reactive ketones (excluding diaryl/α,β-unsaturated/α-hetero) is 1. The Balaban J connectivity index is 2.71. The molecule has 0 fully saturated rings. The fourth-order valence-corrected chi connectivity index (χ4v) is 1.57. The number of carbonyl (C=O) groups excluding carboxylic acids is 1. The van der Waals surface area contributed by atoms with Gasteiger partial charge in [0.25, 0.3) is 0 Å². The van der Waals surface area contributed by atoms with Crippen LogP contribution in [0.4, 0.5) is 0 Å². The lowest BCUT2D eigenvalue weighted by molar-refractivity contribution is -0.148. The van der Waals surface area contributed by atoms with Crippen molar-refractivity contribution in [2.75, 3.05) is 0 Å². The monoisotopic (exact) mass is 195 g/mol. The molecule has 1 heterocycles. The van der Waals surface area contributed by atoms with E-state index in [9.17, 15) is 9.59 Å². The molecule has 1 rings (SSSR count). The van der Waals surface area contributed by atoms with Gasteiger partial charge >= 0.3 is 5.97 Å². The Hall–Kier alpha value is -1.67. The van der Waals surface area contributed by atoms with Gasteiger partial charge in [0.05, 0.1) is 12.0 Å². The van der Waals surface area contributed by atoms with Gasteiger partial charge in [-0.05, 0) is 6.07 Å². The van der Waals surface area contributed by atoms with E-state index in [4.69, 9.17) is 10.4 Å². The van der Waals surface area contributed by atoms with Gasteiger partial charge in [-0.25, -0.2) is 4.79 Å². The van der Waals surface area contributed by atoms with Gasteiger partial charge in [-0.3, -0.25) is 4.79 Å². The van der Waals surface area contributed by atoms with Gasteiger partial charge in [-0.2, -0.15) is 5.26 Å². The number of hydrogen-bond acceptors (Lipinski definition) is 4. The summed E-state index contributed by atoms with van der Waals surface area (Å²) >= 11 is 1.21. The van der Waals surface area contributed by atoms with Crippen molar-refractivity contribution in [3.8, 4) is 6.07 Å². The first-order chi connectivity index (χ1) is 6.13. The Morgan fingerprint density at radius 3 is 2.77 bits per heavy atom. The Kier molecular flexibility index (Phi) is 2.77. The summed E-state index contributed by atoms with van der Waals surface area (Å²) in [6.45, 7) is 0. The Bertz CT molecular complexity index is 388. The van der Waals surface area contributed by atoms with Crippen molar-refractivity contribution < 1.29 is 14.7 Å². The van der Waals surface area contributed by atoms with Crippen LogP contribution in [0, 0.1) is 11.3 Å². The smallest absolute Gasteiger partial charge is 0.372 e. The third kappa shape index (κ3) is 2.39. The van der Waals surface area contributed by atoms with E-state index < -0.39 is 11.8 Å². The number of ketones is 1. The lowest BCUT2D eigenvalue weighted by Gasteiger charge is -1.89. The maximum atomic E-state index is 10.7. The van der Waals surface area contributed by atoms with Crippen LogP contribution in [0.1, 0.15) is 10.4 Å². The fourth-order valence-electron chi connectivity index (χ4n) is 0.766. The number of nitrogens with zero attached hydrogens (tertiary/aromatic N) is 1. The van der Waals surface area contributed by atoms with Crippen LogP contribution >= 0.6 is 11.3 Å². The van der Waals surface area contributed by atoms with E-state index in [0.717, 1.165) is 0 Å². The second kappa shape index (κ2) is 3.83. The molecule has 0 saturated carbocycles. The van der Waals surface area contributed by atoms with Crippen LogP contribution in [-0.2, 0) is 16.0 Å². The van der Waals surface area contributed by atoms with Crippen molar-refractivity contribution in [2.24, 2.45) is 0 Å². The number of nitriles is 1. The lowest BCUT2D eigenvalue weighted by Crippen LogP contribution is -2.14. The predicted octanol–water partition coefficient (Wildman–Crippen LogP) is 0.816. The van der Waals surface area contributed by atoms with E-state index in [1.54, 1.807) is 5.38 Å². The van der Waals surface area contributed by atoms with E-state index in [2.05, 4.69) is 0 Å². The third-order valence-corrected chi connectivity index (χ3v) is 2.29. The molecule has 0 radical (unpaired) electrons. The van der Waals surface area contributed by atoms with Crippen LogP contribution in [0.2, 0.25) is 0 Å². The second-order valence-electron chi connectivity index (χ2n) is 2.32. The molecule has 0 unspecified atom stereocenters. The molecule has 0 aromatic carbocycles. The van der Waals surface area contributed by atoms with E-state index in [-0.39, 0.29) is 6.42 Å². The molecule has 0 spiro atoms. The molecule has 0 aliphatic carbocycles. The fraction of sp³-hybridized carbons (Fsp3) is 0.125. The van der Waals surface area contributed by atoms with Crippen LogP contribution in [-0.4, -0.2) is 16.9 Å². The minimum atomic E-state index is -1.44. The highest BCUT2D eigenvalue weighted by Crippen LogP contribution is 2.14. The highest BCUT2D eigenvalue weighted by atomic mass is 32.1. The summed E-state index contributed by atoms with van der Waals surface area (Å²) in [6, 6.07) is 3.42. The Morgan fingerprint density at radius 2 is 2.31 bits per heavy atom. The van der Waals surface area contributed by atoms with Gasteiger partial charge in [0.2, 0.25) is 5.78 Å². The number of hydrogen-bond donors (Lipinski definition) is 1. The standard InChI is InChI=1S/C8H5NO3S/c9-3-5-1-6(13-4-5)2-7(10)8(11)12/h1,4H,2H2,(H,11,12). The summed E-state index contributed by atoms with van der Waals surface area (Å²) in [7, 11) is 0. The summed E-state index contributed by atoms with van der Waals surface area (Å²) in [5.74, 6) is -2.29. The van der Waals surface area contributed by atoms with E-state index in [1.165, 1.54) is 17.4 Å².